The van der Waals surface area contributed by atoms with Crippen LogP contribution in [-0.2, 0) is 16.8 Å². The Bertz CT molecular complexity index is 1530. The number of hydrogen-bond acceptors (Lipinski definition) is 4. The van der Waals surface area contributed by atoms with Gasteiger partial charge in [-0.15, -0.1) is 0 Å². The average molecular weight is 476 g/mol. The fourth-order valence-electron chi connectivity index (χ4n) is 4.24. The van der Waals surface area contributed by atoms with Gasteiger partial charge in [0.15, 0.2) is 5.78 Å². The zero-order valence-corrected chi connectivity index (χ0v) is 18.8. The zero-order chi connectivity index (χ0) is 22.8. The van der Waals surface area contributed by atoms with Crippen molar-refractivity contribution < 1.29 is 17.6 Å². The predicted octanol–water partition coefficient (Wildman–Crippen LogP) is 3.52. The predicted molar refractivity (Wildman–Crippen MR) is 121 cm³/mol. The van der Waals surface area contributed by atoms with E-state index in [4.69, 9.17) is 11.6 Å². The second-order valence-corrected chi connectivity index (χ2v) is 9.92. The first-order valence-electron chi connectivity index (χ1n) is 9.89. The molecular formula is C21H19ClFN5O3S. The molecule has 5 rings (SSSR count). The quantitative estimate of drug-likeness (QED) is 0.441. The molecule has 0 spiro atoms. The Kier molecular flexibility index (Phi) is 4.77. The molecule has 2 N–H and O–H groups in total. The van der Waals surface area contributed by atoms with Crippen LogP contribution in [0.25, 0.3) is 21.8 Å². The maximum Gasteiger partial charge on any atom is 0.301 e. The van der Waals surface area contributed by atoms with Crippen molar-refractivity contribution >= 4 is 55.1 Å². The number of nitrogens with zero attached hydrogens (tertiary/aromatic N) is 3. The highest BCUT2D eigenvalue weighted by Gasteiger charge is 2.35. The second-order valence-electron chi connectivity index (χ2n) is 7.83. The van der Waals surface area contributed by atoms with Crippen molar-refractivity contribution in [2.45, 2.75) is 20.4 Å². The third-order valence-corrected chi connectivity index (χ3v) is 7.59. The van der Waals surface area contributed by atoms with Gasteiger partial charge < -0.3 is 4.57 Å². The first kappa shape index (κ1) is 20.9. The molecule has 0 saturated carbocycles. The number of aromatic amines is 1. The number of aromatic nitrogens is 3. The standard InChI is InChI=1S/C21H19ClFN5O3S/c1-11-5-15-19(8-17(11)23)27(10-14-6-13-9-24-26-18(13)7-16(14)22)20(12(2)29)21(15)28-4-3-25-32(28,30)31/h5-9,25H,3-4,10H2,1-2H3,(H,24,26). The molecule has 1 aliphatic rings. The lowest BCUT2D eigenvalue weighted by Crippen LogP contribution is -2.30. The van der Waals surface area contributed by atoms with Crippen molar-refractivity contribution in [3.8, 4) is 0 Å². The van der Waals surface area contributed by atoms with E-state index in [1.807, 2.05) is 6.07 Å². The van der Waals surface area contributed by atoms with Crippen LogP contribution >= 0.6 is 11.6 Å². The Morgan fingerprint density at radius 3 is 2.75 bits per heavy atom. The molecule has 3 heterocycles. The molecular weight excluding hydrogens is 457 g/mol. The maximum absolute atomic E-state index is 14.6. The molecule has 11 heteroatoms. The molecule has 0 bridgehead atoms. The van der Waals surface area contributed by atoms with Crippen LogP contribution in [-0.4, -0.2) is 42.1 Å². The number of fused-ring (bicyclic) bond motifs is 2. The number of nitrogens with one attached hydrogen (secondary N) is 2. The lowest BCUT2D eigenvalue weighted by molar-refractivity contribution is 0.101. The maximum atomic E-state index is 14.6. The lowest BCUT2D eigenvalue weighted by atomic mass is 10.1. The number of ketones is 1. The molecule has 1 saturated heterocycles. The summed E-state index contributed by atoms with van der Waals surface area (Å²) >= 11 is 6.49. The van der Waals surface area contributed by atoms with Crippen molar-refractivity contribution in [2.24, 2.45) is 0 Å². The zero-order valence-electron chi connectivity index (χ0n) is 17.2. The summed E-state index contributed by atoms with van der Waals surface area (Å²) in [5.41, 5.74) is 2.66. The van der Waals surface area contributed by atoms with Crippen molar-refractivity contribution in [2.75, 3.05) is 17.4 Å². The number of halogens is 2. The van der Waals surface area contributed by atoms with E-state index in [1.54, 1.807) is 29.8 Å². The summed E-state index contributed by atoms with van der Waals surface area (Å²) in [5, 5.41) is 8.62. The van der Waals surface area contributed by atoms with Gasteiger partial charge in [0, 0.05) is 42.4 Å². The molecule has 2 aromatic heterocycles. The van der Waals surface area contributed by atoms with Crippen LogP contribution in [0.15, 0.2) is 30.5 Å². The summed E-state index contributed by atoms with van der Waals surface area (Å²) in [4.78, 5) is 12.8. The van der Waals surface area contributed by atoms with Gasteiger partial charge in [-0.3, -0.25) is 14.2 Å². The highest BCUT2D eigenvalue weighted by atomic mass is 35.5. The van der Waals surface area contributed by atoms with Crippen LogP contribution < -0.4 is 9.03 Å². The van der Waals surface area contributed by atoms with E-state index in [1.165, 1.54) is 17.3 Å². The minimum absolute atomic E-state index is 0.148. The number of benzene rings is 2. The lowest BCUT2D eigenvalue weighted by Gasteiger charge is -2.18. The average Bonchev–Trinajstić information content (AvgIpc) is 3.38. The van der Waals surface area contributed by atoms with Gasteiger partial charge in [0.25, 0.3) is 0 Å². The summed E-state index contributed by atoms with van der Waals surface area (Å²) in [5.74, 6) is -0.784. The third-order valence-electron chi connectivity index (χ3n) is 5.73. The number of carbonyl (C=O) groups excluding carboxylic acids is 1. The van der Waals surface area contributed by atoms with Crippen LogP contribution in [0.1, 0.15) is 28.5 Å². The molecule has 0 atom stereocenters. The van der Waals surface area contributed by atoms with E-state index in [2.05, 4.69) is 14.9 Å². The topological polar surface area (TPSA) is 100 Å². The fraction of sp³-hybridized carbons (Fsp3) is 0.238. The summed E-state index contributed by atoms with van der Waals surface area (Å²) in [6.45, 7) is 3.50. The minimum Gasteiger partial charge on any atom is -0.332 e. The van der Waals surface area contributed by atoms with Gasteiger partial charge in [-0.25, -0.2) is 4.39 Å². The molecule has 0 radical (unpaired) electrons. The molecule has 166 valence electrons. The van der Waals surface area contributed by atoms with E-state index < -0.39 is 16.0 Å². The van der Waals surface area contributed by atoms with Crippen LogP contribution in [0.4, 0.5) is 10.1 Å². The minimum atomic E-state index is -3.81. The third kappa shape index (κ3) is 3.17. The van der Waals surface area contributed by atoms with Gasteiger partial charge >= 0.3 is 10.2 Å². The summed E-state index contributed by atoms with van der Waals surface area (Å²) in [7, 11) is -3.81. The Morgan fingerprint density at radius 1 is 1.28 bits per heavy atom. The monoisotopic (exact) mass is 475 g/mol. The number of hydrogen-bond donors (Lipinski definition) is 2. The summed E-state index contributed by atoms with van der Waals surface area (Å²) < 4.78 is 45.2. The molecule has 2 aromatic carbocycles. The van der Waals surface area contributed by atoms with Gasteiger partial charge in [0.2, 0.25) is 0 Å². The second kappa shape index (κ2) is 7.29. The molecule has 8 nitrogen and oxygen atoms in total. The van der Waals surface area contributed by atoms with Crippen molar-refractivity contribution in [3.63, 3.8) is 0 Å². The number of rotatable bonds is 4. The Hall–Kier alpha value is -2.95. The highest BCUT2D eigenvalue weighted by molar-refractivity contribution is 7.91. The summed E-state index contributed by atoms with van der Waals surface area (Å²) in [6.07, 6.45) is 1.66. The number of carbonyl (C=O) groups is 1. The number of Topliss-reactive ketones (excluding diaryl/α,β-unsaturated/α-hetero) is 1. The summed E-state index contributed by atoms with van der Waals surface area (Å²) in [6, 6.07) is 6.49. The molecule has 1 aliphatic heterocycles. The molecule has 4 aromatic rings. The SMILES string of the molecule is CC(=O)c1c(N2CCNS2(=O)=O)c2cc(C)c(F)cc2n1Cc1cc2cn[nH]c2cc1Cl. The molecule has 0 aliphatic carbocycles. The van der Waals surface area contributed by atoms with Gasteiger partial charge in [0.05, 0.1) is 22.9 Å². The first-order chi connectivity index (χ1) is 15.2. The van der Waals surface area contributed by atoms with Crippen LogP contribution in [0.3, 0.4) is 0 Å². The molecule has 0 amide bonds. The number of aryl methyl sites for hydroxylation is 1. The van der Waals surface area contributed by atoms with Gasteiger partial charge in [-0.2, -0.15) is 18.2 Å². The highest BCUT2D eigenvalue weighted by Crippen LogP contribution is 2.39. The van der Waals surface area contributed by atoms with Crippen LogP contribution in [0, 0.1) is 12.7 Å². The van der Waals surface area contributed by atoms with Crippen molar-refractivity contribution in [1.29, 1.82) is 0 Å². The smallest absolute Gasteiger partial charge is 0.301 e. The molecule has 0 unspecified atom stereocenters. The number of anilines is 1. The van der Waals surface area contributed by atoms with E-state index >= 15 is 0 Å². The Balaban J connectivity index is 1.81. The van der Waals surface area contributed by atoms with Crippen LogP contribution in [0.5, 0.6) is 0 Å². The van der Waals surface area contributed by atoms with E-state index in [0.717, 1.165) is 10.9 Å². The molecule has 1 fully saturated rings. The Morgan fingerprint density at radius 2 is 2.06 bits per heavy atom. The Labute approximate surface area is 188 Å². The van der Waals surface area contributed by atoms with Gasteiger partial charge in [0.1, 0.15) is 11.5 Å². The van der Waals surface area contributed by atoms with Crippen molar-refractivity contribution in [3.05, 3.63) is 58.1 Å². The molecule has 32 heavy (non-hydrogen) atoms. The first-order valence-corrected chi connectivity index (χ1v) is 11.7. The van der Waals surface area contributed by atoms with E-state index in [0.29, 0.717) is 27.1 Å². The van der Waals surface area contributed by atoms with E-state index in [-0.39, 0.29) is 36.8 Å². The fourth-order valence-corrected chi connectivity index (χ4v) is 5.73. The number of H-pyrrole nitrogens is 1. The van der Waals surface area contributed by atoms with Crippen LogP contribution in [0.2, 0.25) is 5.02 Å². The van der Waals surface area contributed by atoms with Gasteiger partial charge in [-0.1, -0.05) is 11.6 Å². The van der Waals surface area contributed by atoms with Crippen molar-refractivity contribution in [1.82, 2.24) is 19.5 Å². The van der Waals surface area contributed by atoms with E-state index in [9.17, 15) is 17.6 Å². The largest absolute Gasteiger partial charge is 0.332 e. The normalized spacial score (nSPS) is 15.8. The van der Waals surface area contributed by atoms with Gasteiger partial charge in [-0.05, 0) is 42.3 Å².